The third-order valence-corrected chi connectivity index (χ3v) is 2.51. The Morgan fingerprint density at radius 1 is 1.38 bits per heavy atom. The average molecular weight is 217 g/mol. The number of aromatic nitrogens is 2. The monoisotopic (exact) mass is 217 g/mol. The van der Waals surface area contributed by atoms with Gasteiger partial charge in [0.05, 0.1) is 19.0 Å². The van der Waals surface area contributed by atoms with Gasteiger partial charge in [-0.3, -0.25) is 5.10 Å². The quantitative estimate of drug-likeness (QED) is 0.817. The molecule has 0 saturated heterocycles. The van der Waals surface area contributed by atoms with Crippen molar-refractivity contribution >= 4 is 0 Å². The summed E-state index contributed by atoms with van der Waals surface area (Å²) in [5.74, 6) is 0.838. The molecule has 1 aromatic carbocycles. The molecule has 1 aromatic heterocycles. The summed E-state index contributed by atoms with van der Waals surface area (Å²) in [5, 5.41) is 7.05. The lowest BCUT2D eigenvalue weighted by atomic mass is 10.1. The molecule has 1 heterocycles. The maximum Gasteiger partial charge on any atom is 0.128 e. The maximum atomic E-state index is 5.56. The fourth-order valence-corrected chi connectivity index (χ4v) is 1.74. The smallest absolute Gasteiger partial charge is 0.128 e. The number of hydrogen-bond donors (Lipinski definition) is 2. The number of para-hydroxylation sites is 1. The Morgan fingerprint density at radius 3 is 2.94 bits per heavy atom. The van der Waals surface area contributed by atoms with Crippen LogP contribution in [0.1, 0.15) is 5.56 Å². The van der Waals surface area contributed by atoms with Gasteiger partial charge in [0, 0.05) is 5.56 Å². The highest BCUT2D eigenvalue weighted by atomic mass is 16.5. The van der Waals surface area contributed by atoms with Crippen LogP contribution in [0.25, 0.3) is 11.3 Å². The van der Waals surface area contributed by atoms with Crippen molar-refractivity contribution in [2.45, 2.75) is 6.42 Å². The van der Waals surface area contributed by atoms with E-state index in [0.717, 1.165) is 29.0 Å². The van der Waals surface area contributed by atoms with E-state index < -0.39 is 0 Å². The van der Waals surface area contributed by atoms with Crippen molar-refractivity contribution < 1.29 is 4.74 Å². The Labute approximate surface area is 94.4 Å². The van der Waals surface area contributed by atoms with Gasteiger partial charge in [-0.2, -0.15) is 5.10 Å². The number of H-pyrrole nitrogens is 1. The summed E-state index contributed by atoms with van der Waals surface area (Å²) in [4.78, 5) is 0. The second-order valence-electron chi connectivity index (χ2n) is 3.51. The van der Waals surface area contributed by atoms with Gasteiger partial charge in [0.1, 0.15) is 5.75 Å². The predicted octanol–water partition coefficient (Wildman–Crippen LogP) is 1.59. The van der Waals surface area contributed by atoms with E-state index in [2.05, 4.69) is 10.2 Å². The molecule has 0 radical (unpaired) electrons. The lowest BCUT2D eigenvalue weighted by Gasteiger charge is -2.07. The molecule has 2 aromatic rings. The third-order valence-electron chi connectivity index (χ3n) is 2.51. The number of ether oxygens (including phenoxy) is 1. The molecule has 0 fully saturated rings. The number of methoxy groups -OCH3 is 1. The fraction of sp³-hybridized carbons (Fsp3) is 0.250. The molecule has 0 saturated carbocycles. The predicted molar refractivity (Wildman–Crippen MR) is 63.3 cm³/mol. The van der Waals surface area contributed by atoms with Crippen LogP contribution in [0.2, 0.25) is 0 Å². The summed E-state index contributed by atoms with van der Waals surface area (Å²) in [6, 6.07) is 7.86. The molecular weight excluding hydrogens is 202 g/mol. The van der Waals surface area contributed by atoms with Gasteiger partial charge in [-0.15, -0.1) is 0 Å². The molecule has 0 spiro atoms. The number of aromatic amines is 1. The van der Waals surface area contributed by atoms with Crippen LogP contribution in [-0.2, 0) is 6.42 Å². The lowest BCUT2D eigenvalue weighted by Crippen LogP contribution is -2.03. The van der Waals surface area contributed by atoms with Gasteiger partial charge in [-0.25, -0.2) is 0 Å². The van der Waals surface area contributed by atoms with Crippen LogP contribution in [0, 0.1) is 0 Å². The van der Waals surface area contributed by atoms with Crippen LogP contribution in [0.5, 0.6) is 5.75 Å². The van der Waals surface area contributed by atoms with Crippen LogP contribution < -0.4 is 10.5 Å². The van der Waals surface area contributed by atoms with Gasteiger partial charge in [-0.1, -0.05) is 12.1 Å². The van der Waals surface area contributed by atoms with E-state index in [1.807, 2.05) is 30.5 Å². The zero-order chi connectivity index (χ0) is 11.4. The average Bonchev–Trinajstić information content (AvgIpc) is 2.77. The van der Waals surface area contributed by atoms with Gasteiger partial charge in [0.25, 0.3) is 0 Å². The van der Waals surface area contributed by atoms with E-state index >= 15 is 0 Å². The van der Waals surface area contributed by atoms with E-state index in [4.69, 9.17) is 10.5 Å². The molecule has 0 aliphatic heterocycles. The number of hydrogen-bond acceptors (Lipinski definition) is 3. The summed E-state index contributed by atoms with van der Waals surface area (Å²) in [7, 11) is 1.66. The number of rotatable bonds is 4. The Morgan fingerprint density at radius 2 is 2.19 bits per heavy atom. The van der Waals surface area contributed by atoms with Crippen molar-refractivity contribution in [3.63, 3.8) is 0 Å². The molecule has 0 aliphatic carbocycles. The molecular formula is C12H15N3O. The third kappa shape index (κ3) is 1.92. The van der Waals surface area contributed by atoms with Crippen LogP contribution >= 0.6 is 0 Å². The normalized spacial score (nSPS) is 10.4. The standard InChI is InChI=1S/C12H15N3O/c1-16-11-5-3-2-4-10(11)12-9(6-7-13)8-14-15-12/h2-5,8H,6-7,13H2,1H3,(H,14,15). The van der Waals surface area contributed by atoms with Crippen LogP contribution in [0.4, 0.5) is 0 Å². The maximum absolute atomic E-state index is 5.56. The van der Waals surface area contributed by atoms with E-state index in [0.29, 0.717) is 6.54 Å². The fourth-order valence-electron chi connectivity index (χ4n) is 1.74. The van der Waals surface area contributed by atoms with Crippen molar-refractivity contribution in [2.24, 2.45) is 5.73 Å². The molecule has 0 unspecified atom stereocenters. The first-order chi connectivity index (χ1) is 7.86. The molecule has 2 rings (SSSR count). The van der Waals surface area contributed by atoms with Gasteiger partial charge in [0.15, 0.2) is 0 Å². The van der Waals surface area contributed by atoms with E-state index in [1.54, 1.807) is 7.11 Å². The Hall–Kier alpha value is -1.81. The van der Waals surface area contributed by atoms with Crippen LogP contribution in [-0.4, -0.2) is 23.9 Å². The molecule has 4 nitrogen and oxygen atoms in total. The Balaban J connectivity index is 2.45. The number of benzene rings is 1. The van der Waals surface area contributed by atoms with Crippen molar-refractivity contribution in [2.75, 3.05) is 13.7 Å². The largest absolute Gasteiger partial charge is 0.496 e. The van der Waals surface area contributed by atoms with E-state index in [9.17, 15) is 0 Å². The van der Waals surface area contributed by atoms with Crippen molar-refractivity contribution in [3.8, 4) is 17.0 Å². The van der Waals surface area contributed by atoms with Crippen molar-refractivity contribution in [3.05, 3.63) is 36.0 Å². The van der Waals surface area contributed by atoms with Gasteiger partial charge in [-0.05, 0) is 30.7 Å². The highest BCUT2D eigenvalue weighted by Gasteiger charge is 2.10. The van der Waals surface area contributed by atoms with Gasteiger partial charge in [0.2, 0.25) is 0 Å². The summed E-state index contributed by atoms with van der Waals surface area (Å²) < 4.78 is 5.32. The van der Waals surface area contributed by atoms with E-state index in [-0.39, 0.29) is 0 Å². The topological polar surface area (TPSA) is 63.9 Å². The molecule has 16 heavy (non-hydrogen) atoms. The zero-order valence-corrected chi connectivity index (χ0v) is 9.23. The van der Waals surface area contributed by atoms with Gasteiger partial charge < -0.3 is 10.5 Å². The molecule has 4 heteroatoms. The first kappa shape index (κ1) is 10.7. The minimum absolute atomic E-state index is 0.613. The van der Waals surface area contributed by atoms with Crippen molar-refractivity contribution in [1.29, 1.82) is 0 Å². The summed E-state index contributed by atoms with van der Waals surface area (Å²) in [5.41, 5.74) is 8.69. The molecule has 84 valence electrons. The van der Waals surface area contributed by atoms with E-state index in [1.165, 1.54) is 0 Å². The van der Waals surface area contributed by atoms with Crippen LogP contribution in [0.15, 0.2) is 30.5 Å². The number of nitrogens with zero attached hydrogens (tertiary/aromatic N) is 1. The second kappa shape index (κ2) is 4.81. The van der Waals surface area contributed by atoms with Crippen molar-refractivity contribution in [1.82, 2.24) is 10.2 Å². The minimum Gasteiger partial charge on any atom is -0.496 e. The minimum atomic E-state index is 0.613. The highest BCUT2D eigenvalue weighted by molar-refractivity contribution is 5.69. The summed E-state index contributed by atoms with van der Waals surface area (Å²) >= 11 is 0. The highest BCUT2D eigenvalue weighted by Crippen LogP contribution is 2.30. The molecule has 0 atom stereocenters. The Bertz CT molecular complexity index is 465. The lowest BCUT2D eigenvalue weighted by molar-refractivity contribution is 0.416. The number of nitrogens with one attached hydrogen (secondary N) is 1. The molecule has 0 amide bonds. The first-order valence-electron chi connectivity index (χ1n) is 5.22. The number of nitrogens with two attached hydrogens (primary N) is 1. The Kier molecular flexibility index (Phi) is 3.22. The summed E-state index contributed by atoms with van der Waals surface area (Å²) in [6.45, 7) is 0.613. The first-order valence-corrected chi connectivity index (χ1v) is 5.22. The van der Waals surface area contributed by atoms with Crippen LogP contribution in [0.3, 0.4) is 0 Å². The second-order valence-corrected chi connectivity index (χ2v) is 3.51. The zero-order valence-electron chi connectivity index (χ0n) is 9.23. The summed E-state index contributed by atoms with van der Waals surface area (Å²) in [6.07, 6.45) is 2.62. The SMILES string of the molecule is COc1ccccc1-c1[nH]ncc1CCN. The molecule has 0 bridgehead atoms. The molecule has 3 N–H and O–H groups in total. The molecule has 0 aliphatic rings. The van der Waals surface area contributed by atoms with Gasteiger partial charge >= 0.3 is 0 Å².